The van der Waals surface area contributed by atoms with E-state index in [9.17, 15) is 8.42 Å². The first-order valence-corrected chi connectivity index (χ1v) is 10.2. The van der Waals surface area contributed by atoms with Gasteiger partial charge in [0.25, 0.3) is 0 Å². The highest BCUT2D eigenvalue weighted by Crippen LogP contribution is 2.21. The lowest BCUT2D eigenvalue weighted by Crippen LogP contribution is -2.38. The van der Waals surface area contributed by atoms with Gasteiger partial charge in [0.05, 0.1) is 18.2 Å². The van der Waals surface area contributed by atoms with Crippen LogP contribution in [0.15, 0.2) is 30.3 Å². The van der Waals surface area contributed by atoms with Crippen LogP contribution < -0.4 is 0 Å². The van der Waals surface area contributed by atoms with Crippen LogP contribution in [-0.2, 0) is 16.5 Å². The maximum atomic E-state index is 11.8. The minimum Gasteiger partial charge on any atom is -0.280 e. The second kappa shape index (κ2) is 7.03. The van der Waals surface area contributed by atoms with Crippen molar-refractivity contribution >= 4 is 9.84 Å². The molecule has 2 aromatic rings. The summed E-state index contributed by atoms with van der Waals surface area (Å²) in [4.78, 5) is 6.78. The van der Waals surface area contributed by atoms with E-state index in [4.69, 9.17) is 0 Å². The molecule has 1 atom stereocenters. The van der Waals surface area contributed by atoms with Crippen LogP contribution in [0.4, 0.5) is 0 Å². The zero-order valence-electron chi connectivity index (χ0n) is 14.2. The van der Waals surface area contributed by atoms with Crippen molar-refractivity contribution in [3.05, 3.63) is 36.2 Å². The summed E-state index contributed by atoms with van der Waals surface area (Å²) in [7, 11) is -2.90. The lowest BCUT2D eigenvalue weighted by atomic mass is 10.2. The summed E-state index contributed by atoms with van der Waals surface area (Å²) in [5.74, 6) is 2.10. The molecule has 1 saturated heterocycles. The highest BCUT2D eigenvalue weighted by Gasteiger charge is 2.32. The van der Waals surface area contributed by atoms with Gasteiger partial charge < -0.3 is 0 Å². The molecule has 1 aliphatic heterocycles. The Kier molecular flexibility index (Phi) is 5.01. The lowest BCUT2D eigenvalue weighted by Gasteiger charge is -2.27. The minimum atomic E-state index is -2.90. The van der Waals surface area contributed by atoms with E-state index >= 15 is 0 Å². The Hall–Kier alpha value is -1.73. The van der Waals surface area contributed by atoms with Gasteiger partial charge in [0.15, 0.2) is 15.7 Å². The second-order valence-corrected chi connectivity index (χ2v) is 8.59. The van der Waals surface area contributed by atoms with Crippen LogP contribution in [0.5, 0.6) is 0 Å². The topological polar surface area (TPSA) is 68.1 Å². The first-order chi connectivity index (χ1) is 11.5. The molecule has 0 spiro atoms. The molecule has 0 N–H and O–H groups in total. The number of aryl methyl sites for hydroxylation is 1. The van der Waals surface area contributed by atoms with E-state index in [0.717, 1.165) is 30.2 Å². The number of nitrogens with zero attached hydrogens (tertiary/aromatic N) is 4. The Morgan fingerprint density at radius 1 is 1.29 bits per heavy atom. The molecular weight excluding hydrogens is 324 g/mol. The smallest absolute Gasteiger partial charge is 0.159 e. The van der Waals surface area contributed by atoms with Gasteiger partial charge in [-0.15, -0.1) is 0 Å². The molecule has 0 saturated carbocycles. The van der Waals surface area contributed by atoms with Crippen molar-refractivity contribution in [1.82, 2.24) is 19.7 Å². The van der Waals surface area contributed by atoms with Crippen molar-refractivity contribution in [2.45, 2.75) is 39.4 Å². The van der Waals surface area contributed by atoms with Crippen LogP contribution in [-0.4, -0.2) is 52.2 Å². The summed E-state index contributed by atoms with van der Waals surface area (Å²) in [6.07, 6.45) is 1.68. The third-order valence-corrected chi connectivity index (χ3v) is 6.11. The SMILES string of the molecule is CCCN(Cn1nc(C)nc1-c1ccccc1)C1CCS(=O)(=O)C1. The normalized spacial score (nSPS) is 19.9. The third kappa shape index (κ3) is 3.84. The molecule has 2 heterocycles. The van der Waals surface area contributed by atoms with E-state index in [1.165, 1.54) is 0 Å². The summed E-state index contributed by atoms with van der Waals surface area (Å²) in [6, 6.07) is 10.1. The Labute approximate surface area is 143 Å². The number of aromatic nitrogens is 3. The zero-order valence-corrected chi connectivity index (χ0v) is 15.0. The molecule has 1 unspecified atom stereocenters. The van der Waals surface area contributed by atoms with Gasteiger partial charge in [0.2, 0.25) is 0 Å². The standard InChI is InChI=1S/C17H24N4O2S/c1-3-10-20(16-9-11-24(22,23)12-16)13-21-17(18-14(2)19-21)15-7-5-4-6-8-15/h4-8,16H,3,9-13H2,1-2H3. The highest BCUT2D eigenvalue weighted by atomic mass is 32.2. The lowest BCUT2D eigenvalue weighted by molar-refractivity contribution is 0.157. The van der Waals surface area contributed by atoms with E-state index in [1.54, 1.807) is 0 Å². The van der Waals surface area contributed by atoms with Gasteiger partial charge in [-0.2, -0.15) is 5.10 Å². The summed E-state index contributed by atoms with van der Waals surface area (Å²) < 4.78 is 25.6. The molecule has 0 amide bonds. The molecule has 130 valence electrons. The van der Waals surface area contributed by atoms with Crippen LogP contribution in [0.25, 0.3) is 11.4 Å². The average Bonchev–Trinajstić information content (AvgIpc) is 3.10. The summed E-state index contributed by atoms with van der Waals surface area (Å²) >= 11 is 0. The Morgan fingerprint density at radius 2 is 2.04 bits per heavy atom. The minimum absolute atomic E-state index is 0.0723. The zero-order chi connectivity index (χ0) is 17.2. The average molecular weight is 348 g/mol. The van der Waals surface area contributed by atoms with Crippen LogP contribution in [0.2, 0.25) is 0 Å². The monoisotopic (exact) mass is 348 g/mol. The Bertz CT molecular complexity index is 786. The molecule has 1 aliphatic rings. The summed E-state index contributed by atoms with van der Waals surface area (Å²) in [6.45, 7) is 5.42. The van der Waals surface area contributed by atoms with Crippen molar-refractivity contribution in [2.75, 3.05) is 18.1 Å². The van der Waals surface area contributed by atoms with E-state index in [0.29, 0.717) is 18.8 Å². The van der Waals surface area contributed by atoms with Crippen LogP contribution >= 0.6 is 0 Å². The third-order valence-electron chi connectivity index (χ3n) is 4.36. The second-order valence-electron chi connectivity index (χ2n) is 6.36. The molecule has 0 aliphatic carbocycles. The van der Waals surface area contributed by atoms with Crippen molar-refractivity contribution < 1.29 is 8.42 Å². The van der Waals surface area contributed by atoms with Crippen molar-refractivity contribution in [3.63, 3.8) is 0 Å². The molecule has 7 heteroatoms. The molecule has 24 heavy (non-hydrogen) atoms. The molecule has 6 nitrogen and oxygen atoms in total. The van der Waals surface area contributed by atoms with Gasteiger partial charge in [-0.05, 0) is 26.3 Å². The van der Waals surface area contributed by atoms with E-state index in [1.807, 2.05) is 41.9 Å². The summed E-state index contributed by atoms with van der Waals surface area (Å²) in [5.41, 5.74) is 1.02. The predicted molar refractivity (Wildman–Crippen MR) is 94.3 cm³/mol. The van der Waals surface area contributed by atoms with Gasteiger partial charge in [-0.3, -0.25) is 4.90 Å². The fourth-order valence-electron chi connectivity index (χ4n) is 3.25. The maximum absolute atomic E-state index is 11.8. The Morgan fingerprint density at radius 3 is 2.67 bits per heavy atom. The molecule has 1 aromatic heterocycles. The van der Waals surface area contributed by atoms with Crippen LogP contribution in [0.1, 0.15) is 25.6 Å². The fraction of sp³-hybridized carbons (Fsp3) is 0.529. The summed E-state index contributed by atoms with van der Waals surface area (Å²) in [5, 5.41) is 4.53. The molecule has 1 aromatic carbocycles. The first-order valence-electron chi connectivity index (χ1n) is 8.40. The van der Waals surface area contributed by atoms with E-state index in [-0.39, 0.29) is 11.8 Å². The molecule has 1 fully saturated rings. The number of sulfone groups is 1. The fourth-order valence-corrected chi connectivity index (χ4v) is 5.01. The Balaban J connectivity index is 1.86. The van der Waals surface area contributed by atoms with Crippen LogP contribution in [0, 0.1) is 6.92 Å². The first kappa shape index (κ1) is 17.1. The molecule has 0 radical (unpaired) electrons. The molecule has 3 rings (SSSR count). The van der Waals surface area contributed by atoms with Gasteiger partial charge >= 0.3 is 0 Å². The molecule has 0 bridgehead atoms. The van der Waals surface area contributed by atoms with Crippen LogP contribution in [0.3, 0.4) is 0 Å². The molecular formula is C17H24N4O2S. The van der Waals surface area contributed by atoms with Gasteiger partial charge in [-0.1, -0.05) is 37.3 Å². The van der Waals surface area contributed by atoms with E-state index in [2.05, 4.69) is 21.9 Å². The highest BCUT2D eigenvalue weighted by molar-refractivity contribution is 7.91. The van der Waals surface area contributed by atoms with Gasteiger partial charge in [0.1, 0.15) is 5.82 Å². The number of hydrogen-bond acceptors (Lipinski definition) is 5. The van der Waals surface area contributed by atoms with Crippen molar-refractivity contribution in [2.24, 2.45) is 0 Å². The largest absolute Gasteiger partial charge is 0.280 e. The predicted octanol–water partition coefficient (Wildman–Crippen LogP) is 2.11. The number of hydrogen-bond donors (Lipinski definition) is 0. The van der Waals surface area contributed by atoms with Crippen molar-refractivity contribution in [3.8, 4) is 11.4 Å². The van der Waals surface area contributed by atoms with E-state index < -0.39 is 9.84 Å². The quantitative estimate of drug-likeness (QED) is 0.800. The maximum Gasteiger partial charge on any atom is 0.159 e. The number of rotatable bonds is 6. The van der Waals surface area contributed by atoms with Gasteiger partial charge in [-0.25, -0.2) is 18.1 Å². The van der Waals surface area contributed by atoms with Crippen molar-refractivity contribution in [1.29, 1.82) is 0 Å². The number of benzene rings is 1. The van der Waals surface area contributed by atoms with Gasteiger partial charge in [0, 0.05) is 11.6 Å².